The number of rotatable bonds is 13. The first kappa shape index (κ1) is 26.9. The van der Waals surface area contributed by atoms with Gasteiger partial charge < -0.3 is 43.2 Å². The van der Waals surface area contributed by atoms with Crippen LogP contribution in [0.15, 0.2) is 17.6 Å². The third-order valence-electron chi connectivity index (χ3n) is 5.62. The average Bonchev–Trinajstić information content (AvgIpc) is 3.38. The van der Waals surface area contributed by atoms with Gasteiger partial charge in [0.15, 0.2) is 23.7 Å². The molecule has 1 fully saturated rings. The highest BCUT2D eigenvalue weighted by atomic mass is 32.2. The largest absolute Gasteiger partial charge is 0.387 e. The van der Waals surface area contributed by atoms with Gasteiger partial charge in [0.1, 0.15) is 24.1 Å². The van der Waals surface area contributed by atoms with E-state index in [2.05, 4.69) is 25.3 Å². The van der Waals surface area contributed by atoms with Crippen LogP contribution < -0.4 is 28.3 Å². The number of aliphatic hydroxyl groups excluding tert-OH is 2. The number of imidazole rings is 1. The van der Waals surface area contributed by atoms with Crippen LogP contribution in [-0.2, 0) is 9.53 Å². The first-order valence-corrected chi connectivity index (χ1v) is 12.6. The predicted molar refractivity (Wildman–Crippen MR) is 133 cm³/mol. The molecule has 3 heterocycles. The first-order chi connectivity index (χ1) is 16.8. The molecule has 1 saturated heterocycles. The molecule has 0 radical (unpaired) electrons. The number of fused-ring (bicyclic) bond motifs is 1. The standard InChI is InChI=1S/C20H34N10O4S/c21-11(17(23)33)4-1-2-5-25-20(24)26-6-3-7-35-8-12-14(31)15(32)19(34-12)30-10-29-13-16(22)27-9-28-18(13)30/h9-12,14-15,19,31-32H,1-8,21H2,(H2,23,33)(H2,22,27,28)(H3,24,25,26)/t11?,12-,14-,15-,19-/m1/s1. The fourth-order valence-corrected chi connectivity index (χ4v) is 4.63. The van der Waals surface area contributed by atoms with Crippen LogP contribution in [0, 0.1) is 0 Å². The van der Waals surface area contributed by atoms with Crippen LogP contribution in [0.4, 0.5) is 5.82 Å². The van der Waals surface area contributed by atoms with Crippen LogP contribution in [0.25, 0.3) is 11.2 Å². The Labute approximate surface area is 206 Å². The number of nitrogens with zero attached hydrogens (tertiary/aromatic N) is 5. The molecule has 11 N–H and O–H groups in total. The molecule has 0 aromatic carbocycles. The quantitative estimate of drug-likeness (QED) is 0.0882. The molecule has 1 amide bonds. The zero-order chi connectivity index (χ0) is 25.4. The molecule has 2 aromatic rings. The van der Waals surface area contributed by atoms with Crippen LogP contribution in [0.2, 0.25) is 0 Å². The lowest BCUT2D eigenvalue weighted by atomic mass is 10.1. The van der Waals surface area contributed by atoms with Crippen molar-refractivity contribution in [3.8, 4) is 0 Å². The van der Waals surface area contributed by atoms with Crippen LogP contribution in [0.3, 0.4) is 0 Å². The van der Waals surface area contributed by atoms with Gasteiger partial charge in [0.25, 0.3) is 0 Å². The minimum absolute atomic E-state index is 0.234. The highest BCUT2D eigenvalue weighted by molar-refractivity contribution is 7.99. The molecule has 35 heavy (non-hydrogen) atoms. The number of aromatic nitrogens is 4. The van der Waals surface area contributed by atoms with Crippen molar-refractivity contribution in [3.63, 3.8) is 0 Å². The van der Waals surface area contributed by atoms with E-state index in [9.17, 15) is 15.0 Å². The normalized spacial score (nSPS) is 23.6. The topological polar surface area (TPSA) is 239 Å². The van der Waals surface area contributed by atoms with Gasteiger partial charge in [0, 0.05) is 18.8 Å². The molecule has 5 atom stereocenters. The number of guanidine groups is 1. The van der Waals surface area contributed by atoms with E-state index in [0.717, 1.165) is 25.0 Å². The predicted octanol–water partition coefficient (Wildman–Crippen LogP) is -1.96. The molecule has 3 rings (SSSR count). The zero-order valence-electron chi connectivity index (χ0n) is 19.4. The van der Waals surface area contributed by atoms with Gasteiger partial charge in [-0.25, -0.2) is 15.0 Å². The fourth-order valence-electron chi connectivity index (χ4n) is 3.62. The van der Waals surface area contributed by atoms with Gasteiger partial charge in [-0.2, -0.15) is 11.8 Å². The van der Waals surface area contributed by atoms with Crippen molar-refractivity contribution in [2.24, 2.45) is 22.2 Å². The number of nitrogen functional groups attached to an aromatic ring is 1. The smallest absolute Gasteiger partial charge is 0.234 e. The summed E-state index contributed by atoms with van der Waals surface area (Å²) in [6, 6.07) is -0.608. The van der Waals surface area contributed by atoms with Crippen molar-refractivity contribution >= 4 is 40.6 Å². The number of hydrogen-bond donors (Lipinski definition) is 7. The van der Waals surface area contributed by atoms with Gasteiger partial charge in [-0.05, 0) is 31.4 Å². The molecule has 194 valence electrons. The number of aliphatic hydroxyl groups is 2. The van der Waals surface area contributed by atoms with E-state index in [4.69, 9.17) is 27.7 Å². The van der Waals surface area contributed by atoms with Gasteiger partial charge in [0.05, 0.1) is 18.5 Å². The Morgan fingerprint density at radius 3 is 2.80 bits per heavy atom. The fraction of sp³-hybridized carbons (Fsp3) is 0.650. The molecule has 1 unspecified atom stereocenters. The SMILES string of the molecule is NC(=O)C(N)CCCCNC(N)=NCCCSC[C@H]1O[C@@H](n2cnc3c(N)ncnc32)[C@H](O)[C@@H]1O. The van der Waals surface area contributed by atoms with E-state index in [-0.39, 0.29) is 5.82 Å². The number of anilines is 1. The molecule has 0 spiro atoms. The molecule has 0 bridgehead atoms. The summed E-state index contributed by atoms with van der Waals surface area (Å²) in [6.45, 7) is 1.20. The lowest BCUT2D eigenvalue weighted by molar-refractivity contribution is -0.119. The number of carbonyl (C=O) groups excluding carboxylic acids is 1. The summed E-state index contributed by atoms with van der Waals surface area (Å²) in [7, 11) is 0. The Bertz CT molecular complexity index is 1010. The third-order valence-corrected chi connectivity index (χ3v) is 6.76. The molecule has 15 heteroatoms. The molecule has 0 saturated carbocycles. The number of aliphatic imine (C=N–C) groups is 1. The number of primary amides is 1. The Morgan fingerprint density at radius 2 is 2.03 bits per heavy atom. The maximum Gasteiger partial charge on any atom is 0.234 e. The summed E-state index contributed by atoms with van der Waals surface area (Å²) in [5, 5.41) is 24.0. The highest BCUT2D eigenvalue weighted by Gasteiger charge is 2.44. The zero-order valence-corrected chi connectivity index (χ0v) is 20.2. The van der Waals surface area contributed by atoms with Gasteiger partial charge in [0.2, 0.25) is 5.91 Å². The Morgan fingerprint density at radius 1 is 1.23 bits per heavy atom. The minimum Gasteiger partial charge on any atom is -0.387 e. The minimum atomic E-state index is -1.13. The second kappa shape index (κ2) is 12.8. The number of thioether (sulfide) groups is 1. The summed E-state index contributed by atoms with van der Waals surface area (Å²) in [6.07, 6.45) is 2.15. The molecular formula is C20H34N10O4S. The van der Waals surface area contributed by atoms with E-state index >= 15 is 0 Å². The van der Waals surface area contributed by atoms with Crippen LogP contribution in [0.5, 0.6) is 0 Å². The summed E-state index contributed by atoms with van der Waals surface area (Å²) in [5.41, 5.74) is 23.2. The summed E-state index contributed by atoms with van der Waals surface area (Å²) < 4.78 is 7.48. The summed E-state index contributed by atoms with van der Waals surface area (Å²) in [5.74, 6) is 1.40. The van der Waals surface area contributed by atoms with Crippen LogP contribution in [0.1, 0.15) is 31.9 Å². The molecule has 1 aliphatic heterocycles. The highest BCUT2D eigenvalue weighted by Crippen LogP contribution is 2.33. The molecule has 14 nitrogen and oxygen atoms in total. The van der Waals surface area contributed by atoms with Gasteiger partial charge >= 0.3 is 0 Å². The number of hydrogen-bond acceptors (Lipinski definition) is 11. The van der Waals surface area contributed by atoms with Gasteiger partial charge in [-0.15, -0.1) is 0 Å². The monoisotopic (exact) mass is 510 g/mol. The van der Waals surface area contributed by atoms with Crippen molar-refractivity contribution in [3.05, 3.63) is 12.7 Å². The Balaban J connectivity index is 1.33. The Hall–Kier alpha value is -2.72. The summed E-state index contributed by atoms with van der Waals surface area (Å²) >= 11 is 1.60. The second-order valence-electron chi connectivity index (χ2n) is 8.26. The number of amides is 1. The van der Waals surface area contributed by atoms with Crippen LogP contribution in [-0.4, -0.2) is 90.5 Å². The summed E-state index contributed by atoms with van der Waals surface area (Å²) in [4.78, 5) is 27.4. The van der Waals surface area contributed by atoms with Gasteiger partial charge in [-0.1, -0.05) is 0 Å². The van der Waals surface area contributed by atoms with E-state index in [1.807, 2.05) is 0 Å². The molecule has 2 aromatic heterocycles. The number of nitrogens with two attached hydrogens (primary N) is 4. The first-order valence-electron chi connectivity index (χ1n) is 11.4. The van der Waals surface area contributed by atoms with Crippen molar-refractivity contribution in [1.29, 1.82) is 0 Å². The van der Waals surface area contributed by atoms with E-state index in [1.54, 1.807) is 16.3 Å². The van der Waals surface area contributed by atoms with Crippen molar-refractivity contribution < 1.29 is 19.7 Å². The van der Waals surface area contributed by atoms with Crippen LogP contribution >= 0.6 is 11.8 Å². The van der Waals surface area contributed by atoms with Crippen molar-refractivity contribution in [1.82, 2.24) is 24.8 Å². The van der Waals surface area contributed by atoms with E-state index in [1.165, 1.54) is 12.7 Å². The van der Waals surface area contributed by atoms with E-state index in [0.29, 0.717) is 42.4 Å². The number of unbranched alkanes of at least 4 members (excludes halogenated alkanes) is 1. The second-order valence-corrected chi connectivity index (χ2v) is 9.41. The van der Waals surface area contributed by atoms with E-state index < -0.39 is 36.5 Å². The maximum absolute atomic E-state index is 10.9. The lowest BCUT2D eigenvalue weighted by Crippen LogP contribution is -2.36. The number of carbonyl (C=O) groups is 1. The Kier molecular flexibility index (Phi) is 9.85. The number of ether oxygens (including phenoxy) is 1. The molecule has 1 aliphatic rings. The van der Waals surface area contributed by atoms with Crippen molar-refractivity contribution in [2.45, 2.75) is 56.3 Å². The van der Waals surface area contributed by atoms with Gasteiger partial charge in [-0.3, -0.25) is 14.4 Å². The molecule has 0 aliphatic carbocycles. The number of nitrogens with one attached hydrogen (secondary N) is 1. The lowest BCUT2D eigenvalue weighted by Gasteiger charge is -2.16. The van der Waals surface area contributed by atoms with Crippen molar-refractivity contribution in [2.75, 3.05) is 30.3 Å². The third kappa shape index (κ3) is 7.14. The average molecular weight is 511 g/mol. The molecular weight excluding hydrogens is 476 g/mol. The maximum atomic E-state index is 10.9.